The average Bonchev–Trinajstić information content (AvgIpc) is 3.08. The van der Waals surface area contributed by atoms with Crippen LogP contribution in [-0.2, 0) is 4.74 Å². The number of hydrogen-bond donors (Lipinski definition) is 2. The Bertz CT molecular complexity index is 576. The minimum absolute atomic E-state index is 0.189. The van der Waals surface area contributed by atoms with Gasteiger partial charge >= 0.3 is 5.97 Å². The van der Waals surface area contributed by atoms with Crippen molar-refractivity contribution in [1.82, 2.24) is 4.90 Å². The number of nitrogens with one attached hydrogen (secondary N) is 1. The molecule has 1 aromatic rings. The number of hydrogen-bond acceptors (Lipinski definition) is 6. The van der Waals surface area contributed by atoms with E-state index in [2.05, 4.69) is 12.2 Å². The first-order valence-corrected chi connectivity index (χ1v) is 7.57. The van der Waals surface area contributed by atoms with Crippen LogP contribution in [0.25, 0.3) is 0 Å². The van der Waals surface area contributed by atoms with Crippen molar-refractivity contribution in [3.63, 3.8) is 0 Å². The second-order valence-electron chi connectivity index (χ2n) is 5.90. The number of amides is 1. The van der Waals surface area contributed by atoms with Crippen LogP contribution in [0.15, 0.2) is 0 Å². The van der Waals surface area contributed by atoms with Crippen LogP contribution in [0.1, 0.15) is 39.8 Å². The lowest BCUT2D eigenvalue weighted by Gasteiger charge is -2.11. The molecule has 0 radical (unpaired) electrons. The van der Waals surface area contributed by atoms with Crippen molar-refractivity contribution in [2.45, 2.75) is 19.8 Å². The Labute approximate surface area is 128 Å². The Morgan fingerprint density at radius 2 is 2.05 bits per heavy atom. The number of carbonyl (C=O) groups is 2. The van der Waals surface area contributed by atoms with Crippen LogP contribution in [0.4, 0.5) is 10.7 Å². The summed E-state index contributed by atoms with van der Waals surface area (Å²) in [6.45, 7) is 2.94. The van der Waals surface area contributed by atoms with E-state index >= 15 is 0 Å². The van der Waals surface area contributed by atoms with E-state index in [1.54, 1.807) is 14.1 Å². The summed E-state index contributed by atoms with van der Waals surface area (Å²) in [4.78, 5) is 25.9. The third-order valence-corrected chi connectivity index (χ3v) is 4.87. The maximum absolute atomic E-state index is 12.1. The van der Waals surface area contributed by atoms with E-state index in [4.69, 9.17) is 10.5 Å². The summed E-state index contributed by atoms with van der Waals surface area (Å²) in [6, 6.07) is 0. The molecule has 1 heterocycles. The zero-order valence-electron chi connectivity index (χ0n) is 12.8. The third kappa shape index (κ3) is 3.12. The fourth-order valence-corrected chi connectivity index (χ4v) is 3.04. The molecule has 0 unspecified atom stereocenters. The molecule has 2 rings (SSSR count). The maximum atomic E-state index is 12.1. The van der Waals surface area contributed by atoms with Gasteiger partial charge in [-0.25, -0.2) is 4.79 Å². The SMILES string of the molecule is COC(=O)c1c(NCC2(C)CC2)sc(C(=O)N(C)C)c1N. The van der Waals surface area contributed by atoms with Crippen molar-refractivity contribution in [2.24, 2.45) is 5.41 Å². The zero-order valence-corrected chi connectivity index (χ0v) is 13.6. The monoisotopic (exact) mass is 311 g/mol. The molecule has 0 aliphatic heterocycles. The molecule has 1 aromatic heterocycles. The van der Waals surface area contributed by atoms with E-state index in [1.165, 1.54) is 23.3 Å². The highest BCUT2D eigenvalue weighted by molar-refractivity contribution is 7.19. The van der Waals surface area contributed by atoms with Gasteiger partial charge in [-0.05, 0) is 18.3 Å². The number of nitrogens with two attached hydrogens (primary N) is 1. The van der Waals surface area contributed by atoms with Crippen molar-refractivity contribution in [3.05, 3.63) is 10.4 Å². The molecule has 1 saturated carbocycles. The predicted molar refractivity (Wildman–Crippen MR) is 83.9 cm³/mol. The highest BCUT2D eigenvalue weighted by Crippen LogP contribution is 2.46. The summed E-state index contributed by atoms with van der Waals surface area (Å²) in [7, 11) is 4.61. The zero-order chi connectivity index (χ0) is 15.8. The van der Waals surface area contributed by atoms with Gasteiger partial charge in [0, 0.05) is 20.6 Å². The molecule has 1 aliphatic rings. The Balaban J connectivity index is 2.34. The lowest BCUT2D eigenvalue weighted by Crippen LogP contribution is -2.21. The molecule has 0 aromatic carbocycles. The molecule has 0 bridgehead atoms. The molecule has 1 aliphatic carbocycles. The maximum Gasteiger partial charge on any atom is 0.343 e. The van der Waals surface area contributed by atoms with Gasteiger partial charge in [-0.3, -0.25) is 4.79 Å². The standard InChI is InChI=1S/C14H21N3O3S/c1-14(5-6-14)7-16-11-8(13(19)20-4)9(15)10(21-11)12(18)17(2)3/h16H,5-7,15H2,1-4H3. The molecular formula is C14H21N3O3S. The molecule has 21 heavy (non-hydrogen) atoms. The van der Waals surface area contributed by atoms with Gasteiger partial charge in [0.15, 0.2) is 0 Å². The first-order valence-electron chi connectivity index (χ1n) is 6.75. The number of anilines is 2. The van der Waals surface area contributed by atoms with E-state index in [0.717, 1.165) is 19.4 Å². The number of carbonyl (C=O) groups excluding carboxylic acids is 2. The number of nitrogen functional groups attached to an aromatic ring is 1. The van der Waals surface area contributed by atoms with Crippen molar-refractivity contribution < 1.29 is 14.3 Å². The van der Waals surface area contributed by atoms with E-state index in [0.29, 0.717) is 9.88 Å². The van der Waals surface area contributed by atoms with Crippen molar-refractivity contribution in [2.75, 3.05) is 38.8 Å². The van der Waals surface area contributed by atoms with Crippen molar-refractivity contribution in [3.8, 4) is 0 Å². The number of nitrogens with zero attached hydrogens (tertiary/aromatic N) is 1. The van der Waals surface area contributed by atoms with Gasteiger partial charge in [-0.1, -0.05) is 6.92 Å². The topological polar surface area (TPSA) is 84.7 Å². The third-order valence-electron chi connectivity index (χ3n) is 3.71. The summed E-state index contributed by atoms with van der Waals surface area (Å²) < 4.78 is 4.78. The van der Waals surface area contributed by atoms with Crippen LogP contribution in [0.5, 0.6) is 0 Å². The number of rotatable bonds is 5. The van der Waals surface area contributed by atoms with Crippen LogP contribution >= 0.6 is 11.3 Å². The smallest absolute Gasteiger partial charge is 0.343 e. The molecule has 0 spiro atoms. The lowest BCUT2D eigenvalue weighted by molar-refractivity contribution is 0.0603. The largest absolute Gasteiger partial charge is 0.465 e. The molecular weight excluding hydrogens is 290 g/mol. The minimum Gasteiger partial charge on any atom is -0.465 e. The number of methoxy groups -OCH3 is 1. The highest BCUT2D eigenvalue weighted by atomic mass is 32.1. The Morgan fingerprint density at radius 1 is 1.43 bits per heavy atom. The number of esters is 1. The van der Waals surface area contributed by atoms with Gasteiger partial charge in [-0.15, -0.1) is 11.3 Å². The first-order chi connectivity index (χ1) is 9.79. The Kier molecular flexibility index (Phi) is 4.13. The van der Waals surface area contributed by atoms with E-state index in [-0.39, 0.29) is 22.6 Å². The molecule has 116 valence electrons. The van der Waals surface area contributed by atoms with E-state index in [1.807, 2.05) is 0 Å². The minimum atomic E-state index is -0.523. The van der Waals surface area contributed by atoms with Gasteiger partial charge in [0.1, 0.15) is 15.4 Å². The van der Waals surface area contributed by atoms with Gasteiger partial charge < -0.3 is 20.7 Å². The lowest BCUT2D eigenvalue weighted by atomic mass is 10.1. The summed E-state index contributed by atoms with van der Waals surface area (Å²) in [5, 5.41) is 3.86. The van der Waals surface area contributed by atoms with Gasteiger partial charge in [0.2, 0.25) is 0 Å². The van der Waals surface area contributed by atoms with Crippen LogP contribution in [-0.4, -0.2) is 44.5 Å². The average molecular weight is 311 g/mol. The summed E-state index contributed by atoms with van der Waals surface area (Å²) in [6.07, 6.45) is 2.33. The van der Waals surface area contributed by atoms with Crippen LogP contribution in [0, 0.1) is 5.41 Å². The summed E-state index contributed by atoms with van der Waals surface area (Å²) in [5.74, 6) is -0.738. The van der Waals surface area contributed by atoms with Crippen molar-refractivity contribution in [1.29, 1.82) is 0 Å². The summed E-state index contributed by atoms with van der Waals surface area (Å²) in [5.41, 5.74) is 6.72. The van der Waals surface area contributed by atoms with Gasteiger partial charge in [0.05, 0.1) is 12.8 Å². The fraction of sp³-hybridized carbons (Fsp3) is 0.571. The Hall–Kier alpha value is -1.76. The molecule has 6 nitrogen and oxygen atoms in total. The number of thiophene rings is 1. The molecule has 1 amide bonds. The highest BCUT2D eigenvalue weighted by Gasteiger charge is 2.37. The molecule has 1 fully saturated rings. The van der Waals surface area contributed by atoms with Gasteiger partial charge in [0.25, 0.3) is 5.91 Å². The fourth-order valence-electron chi connectivity index (χ4n) is 1.92. The van der Waals surface area contributed by atoms with Crippen molar-refractivity contribution >= 4 is 33.9 Å². The molecule has 3 N–H and O–H groups in total. The van der Waals surface area contributed by atoms with Crippen LogP contribution in [0.2, 0.25) is 0 Å². The molecule has 7 heteroatoms. The summed E-state index contributed by atoms with van der Waals surface area (Å²) >= 11 is 1.21. The van der Waals surface area contributed by atoms with E-state index < -0.39 is 5.97 Å². The first kappa shape index (κ1) is 15.6. The van der Waals surface area contributed by atoms with Gasteiger partial charge in [-0.2, -0.15) is 0 Å². The van der Waals surface area contributed by atoms with Crippen LogP contribution in [0.3, 0.4) is 0 Å². The van der Waals surface area contributed by atoms with E-state index in [9.17, 15) is 9.59 Å². The molecule has 0 atom stereocenters. The quantitative estimate of drug-likeness (QED) is 0.813. The van der Waals surface area contributed by atoms with Crippen LogP contribution < -0.4 is 11.1 Å². The second kappa shape index (κ2) is 5.55. The normalized spacial score (nSPS) is 15.4. The Morgan fingerprint density at radius 3 is 2.52 bits per heavy atom. The second-order valence-corrected chi connectivity index (χ2v) is 6.92. The predicted octanol–water partition coefficient (Wildman–Crippen LogP) is 2.03. The number of ether oxygens (including phenoxy) is 1. The molecule has 0 saturated heterocycles.